The molecular formula is C8H15NS. The number of nitrogens with zero attached hydrogens (tertiary/aromatic N) is 1. The van der Waals surface area contributed by atoms with Crippen molar-refractivity contribution in [1.29, 1.82) is 0 Å². The zero-order chi connectivity index (χ0) is 7.61. The molecule has 1 aliphatic rings. The average Bonchev–Trinajstić information content (AvgIpc) is 2.12. The summed E-state index contributed by atoms with van der Waals surface area (Å²) in [6, 6.07) is 0. The van der Waals surface area contributed by atoms with Crippen LogP contribution in [0.15, 0.2) is 4.99 Å². The monoisotopic (exact) mass is 157 g/mol. The topological polar surface area (TPSA) is 12.4 Å². The van der Waals surface area contributed by atoms with E-state index >= 15 is 0 Å². The largest absolute Gasteiger partial charge is 0.282 e. The van der Waals surface area contributed by atoms with Crippen molar-refractivity contribution in [1.82, 2.24) is 0 Å². The Balaban J connectivity index is 2.38. The lowest BCUT2D eigenvalue weighted by atomic mass is 9.93. The van der Waals surface area contributed by atoms with Crippen molar-refractivity contribution in [2.75, 3.05) is 12.3 Å². The molecule has 1 nitrogen and oxygen atoms in total. The van der Waals surface area contributed by atoms with Gasteiger partial charge in [-0.25, -0.2) is 0 Å². The maximum absolute atomic E-state index is 4.40. The summed E-state index contributed by atoms with van der Waals surface area (Å²) in [4.78, 5) is 4.40. The Kier molecular flexibility index (Phi) is 2.40. The van der Waals surface area contributed by atoms with Crippen LogP contribution in [0.5, 0.6) is 0 Å². The van der Waals surface area contributed by atoms with E-state index in [4.69, 9.17) is 0 Å². The van der Waals surface area contributed by atoms with Crippen LogP contribution in [0, 0.1) is 5.41 Å². The molecule has 0 atom stereocenters. The van der Waals surface area contributed by atoms with Crippen LogP contribution < -0.4 is 0 Å². The van der Waals surface area contributed by atoms with Gasteiger partial charge in [0.25, 0.3) is 0 Å². The average molecular weight is 157 g/mol. The van der Waals surface area contributed by atoms with E-state index in [0.717, 1.165) is 13.0 Å². The molecule has 0 aromatic carbocycles. The lowest BCUT2D eigenvalue weighted by molar-refractivity contribution is 0.436. The third kappa shape index (κ3) is 2.74. The Morgan fingerprint density at radius 1 is 1.50 bits per heavy atom. The van der Waals surface area contributed by atoms with E-state index in [-0.39, 0.29) is 0 Å². The molecule has 0 amide bonds. The summed E-state index contributed by atoms with van der Waals surface area (Å²) in [5.41, 5.74) is 0.413. The molecule has 10 heavy (non-hydrogen) atoms. The zero-order valence-electron chi connectivity index (χ0n) is 6.98. The van der Waals surface area contributed by atoms with E-state index in [9.17, 15) is 0 Å². The molecular weight excluding hydrogens is 142 g/mol. The van der Waals surface area contributed by atoms with Crippen LogP contribution in [0.3, 0.4) is 0 Å². The van der Waals surface area contributed by atoms with Gasteiger partial charge in [-0.15, -0.1) is 11.8 Å². The maximum atomic E-state index is 4.40. The molecule has 1 heterocycles. The van der Waals surface area contributed by atoms with Crippen LogP contribution in [0.4, 0.5) is 0 Å². The first-order valence-electron chi connectivity index (χ1n) is 3.74. The molecule has 0 aromatic rings. The van der Waals surface area contributed by atoms with Gasteiger partial charge in [0.15, 0.2) is 0 Å². The zero-order valence-corrected chi connectivity index (χ0v) is 7.79. The van der Waals surface area contributed by atoms with Gasteiger partial charge in [0.1, 0.15) is 0 Å². The highest BCUT2D eigenvalue weighted by molar-refractivity contribution is 8.14. The molecule has 0 aliphatic carbocycles. The summed E-state index contributed by atoms with van der Waals surface area (Å²) in [5, 5.41) is 1.35. The molecule has 0 saturated heterocycles. The lowest BCUT2D eigenvalue weighted by Crippen LogP contribution is -2.09. The predicted octanol–water partition coefficient (Wildman–Crippen LogP) is 2.57. The summed E-state index contributed by atoms with van der Waals surface area (Å²) in [5.74, 6) is 1.20. The van der Waals surface area contributed by atoms with E-state index in [2.05, 4.69) is 25.8 Å². The molecule has 0 fully saturated rings. The van der Waals surface area contributed by atoms with Crippen LogP contribution in [-0.4, -0.2) is 17.3 Å². The normalized spacial score (nSPS) is 19.3. The summed E-state index contributed by atoms with van der Waals surface area (Å²) in [6.07, 6.45) is 1.15. The van der Waals surface area contributed by atoms with Crippen molar-refractivity contribution in [3.05, 3.63) is 0 Å². The number of hydrogen-bond donors (Lipinski definition) is 0. The van der Waals surface area contributed by atoms with E-state index in [1.54, 1.807) is 0 Å². The van der Waals surface area contributed by atoms with Crippen molar-refractivity contribution in [3.8, 4) is 0 Å². The van der Waals surface area contributed by atoms with Crippen LogP contribution in [0.1, 0.15) is 27.2 Å². The standard InChI is InChI=1S/C8H15NS/c1-8(2,3)6-7-9-4-5-10-7/h4-6H2,1-3H3. The minimum atomic E-state index is 0.413. The Labute approximate surface area is 67.3 Å². The van der Waals surface area contributed by atoms with Crippen molar-refractivity contribution in [2.24, 2.45) is 10.4 Å². The van der Waals surface area contributed by atoms with Crippen LogP contribution in [0.25, 0.3) is 0 Å². The molecule has 0 bridgehead atoms. The molecule has 1 rings (SSSR count). The Morgan fingerprint density at radius 3 is 2.60 bits per heavy atom. The Morgan fingerprint density at radius 2 is 2.20 bits per heavy atom. The Bertz CT molecular complexity index is 144. The molecule has 0 unspecified atom stereocenters. The fraction of sp³-hybridized carbons (Fsp3) is 0.875. The second kappa shape index (κ2) is 2.95. The molecule has 0 spiro atoms. The van der Waals surface area contributed by atoms with Gasteiger partial charge in [-0.3, -0.25) is 4.99 Å². The maximum Gasteiger partial charge on any atom is 0.0682 e. The number of aliphatic imine (C=N–C) groups is 1. The van der Waals surface area contributed by atoms with Crippen LogP contribution in [0.2, 0.25) is 0 Å². The van der Waals surface area contributed by atoms with E-state index in [1.165, 1.54) is 10.8 Å². The van der Waals surface area contributed by atoms with Gasteiger partial charge in [-0.05, 0) is 5.41 Å². The predicted molar refractivity (Wildman–Crippen MR) is 48.8 cm³/mol. The smallest absolute Gasteiger partial charge is 0.0682 e. The highest BCUT2D eigenvalue weighted by atomic mass is 32.2. The van der Waals surface area contributed by atoms with E-state index < -0.39 is 0 Å². The SMILES string of the molecule is CC(C)(C)CC1=NCCS1. The summed E-state index contributed by atoms with van der Waals surface area (Å²) in [6.45, 7) is 7.81. The fourth-order valence-electron chi connectivity index (χ4n) is 0.940. The summed E-state index contributed by atoms with van der Waals surface area (Å²) < 4.78 is 0. The molecule has 0 radical (unpaired) electrons. The van der Waals surface area contributed by atoms with Crippen molar-refractivity contribution >= 4 is 16.8 Å². The van der Waals surface area contributed by atoms with Crippen molar-refractivity contribution < 1.29 is 0 Å². The highest BCUT2D eigenvalue weighted by Crippen LogP contribution is 2.26. The third-order valence-corrected chi connectivity index (χ3v) is 2.32. The first-order valence-corrected chi connectivity index (χ1v) is 4.73. The Hall–Kier alpha value is 0.0200. The molecule has 1 aliphatic heterocycles. The minimum Gasteiger partial charge on any atom is -0.282 e. The summed E-state index contributed by atoms with van der Waals surface area (Å²) in [7, 11) is 0. The van der Waals surface area contributed by atoms with Gasteiger partial charge < -0.3 is 0 Å². The minimum absolute atomic E-state index is 0.413. The van der Waals surface area contributed by atoms with Crippen LogP contribution in [-0.2, 0) is 0 Å². The van der Waals surface area contributed by atoms with Crippen molar-refractivity contribution in [2.45, 2.75) is 27.2 Å². The van der Waals surface area contributed by atoms with Gasteiger partial charge >= 0.3 is 0 Å². The second-order valence-electron chi connectivity index (χ2n) is 3.86. The molecule has 58 valence electrons. The third-order valence-electron chi connectivity index (χ3n) is 1.33. The van der Waals surface area contributed by atoms with Gasteiger partial charge in [-0.1, -0.05) is 20.8 Å². The van der Waals surface area contributed by atoms with Gasteiger partial charge in [0.2, 0.25) is 0 Å². The second-order valence-corrected chi connectivity index (χ2v) is 5.03. The number of rotatable bonds is 1. The van der Waals surface area contributed by atoms with Crippen LogP contribution >= 0.6 is 11.8 Å². The van der Waals surface area contributed by atoms with E-state index in [0.29, 0.717) is 5.41 Å². The summed E-state index contributed by atoms with van der Waals surface area (Å²) >= 11 is 1.92. The number of hydrogen-bond acceptors (Lipinski definition) is 2. The highest BCUT2D eigenvalue weighted by Gasteiger charge is 2.16. The van der Waals surface area contributed by atoms with Gasteiger partial charge in [0, 0.05) is 18.7 Å². The fourth-order valence-corrected chi connectivity index (χ4v) is 2.08. The van der Waals surface area contributed by atoms with Crippen molar-refractivity contribution in [3.63, 3.8) is 0 Å². The quantitative estimate of drug-likeness (QED) is 0.570. The molecule has 2 heteroatoms. The molecule has 0 N–H and O–H groups in total. The van der Waals surface area contributed by atoms with E-state index in [1.807, 2.05) is 11.8 Å². The first kappa shape index (κ1) is 8.12. The lowest BCUT2D eigenvalue weighted by Gasteiger charge is -2.16. The van der Waals surface area contributed by atoms with Gasteiger partial charge in [-0.2, -0.15) is 0 Å². The first-order chi connectivity index (χ1) is 4.58. The molecule has 0 aromatic heterocycles. The number of thioether (sulfide) groups is 1. The van der Waals surface area contributed by atoms with Gasteiger partial charge in [0.05, 0.1) is 5.04 Å². The molecule has 0 saturated carbocycles.